The van der Waals surface area contributed by atoms with E-state index in [1.807, 2.05) is 0 Å². The minimum absolute atomic E-state index is 0.0863. The second-order valence-corrected chi connectivity index (χ2v) is 9.35. The highest BCUT2D eigenvalue weighted by atomic mass is 32.1. The Hall–Kier alpha value is -1.49. The molecule has 2 N–H and O–H groups in total. The SMILES string of the molecule is CO[C@H]1O[C@H](COC(=O)C(C)(C)C)[C@H]2OC(=S)N[C@@]2(O)[C@H]1OC(=O)C(C)(C)C. The van der Waals surface area contributed by atoms with Crippen molar-refractivity contribution in [2.75, 3.05) is 13.7 Å². The molecule has 0 radical (unpaired) electrons. The van der Waals surface area contributed by atoms with Crippen LogP contribution < -0.4 is 5.32 Å². The van der Waals surface area contributed by atoms with E-state index in [4.69, 9.17) is 35.9 Å². The average Bonchev–Trinajstić information content (AvgIpc) is 2.87. The largest absolute Gasteiger partial charge is 0.462 e. The monoisotopic (exact) mass is 419 g/mol. The third kappa shape index (κ3) is 4.56. The Bertz CT molecular complexity index is 640. The third-order valence-corrected chi connectivity index (χ3v) is 4.57. The van der Waals surface area contributed by atoms with Gasteiger partial charge >= 0.3 is 11.9 Å². The maximum absolute atomic E-state index is 12.4. The van der Waals surface area contributed by atoms with E-state index in [-0.39, 0.29) is 11.8 Å². The lowest BCUT2D eigenvalue weighted by Gasteiger charge is -2.46. The van der Waals surface area contributed by atoms with Crippen LogP contribution in [-0.4, -0.2) is 66.3 Å². The normalized spacial score (nSPS) is 32.8. The van der Waals surface area contributed by atoms with Crippen molar-refractivity contribution >= 4 is 29.3 Å². The Morgan fingerprint density at radius 1 is 1.18 bits per heavy atom. The fourth-order valence-corrected chi connectivity index (χ4v) is 2.97. The van der Waals surface area contributed by atoms with Crippen LogP contribution in [0.25, 0.3) is 0 Å². The summed E-state index contributed by atoms with van der Waals surface area (Å²) >= 11 is 5.03. The number of ether oxygens (including phenoxy) is 5. The van der Waals surface area contributed by atoms with Gasteiger partial charge in [0.1, 0.15) is 12.7 Å². The molecule has 5 atom stereocenters. The number of hydrogen-bond acceptors (Lipinski definition) is 9. The van der Waals surface area contributed by atoms with Gasteiger partial charge in [0.25, 0.3) is 5.17 Å². The summed E-state index contributed by atoms with van der Waals surface area (Å²) in [5.41, 5.74) is -3.43. The van der Waals surface area contributed by atoms with Crippen LogP contribution in [-0.2, 0) is 33.3 Å². The average molecular weight is 419 g/mol. The van der Waals surface area contributed by atoms with Gasteiger partial charge in [0.05, 0.1) is 10.8 Å². The van der Waals surface area contributed by atoms with Gasteiger partial charge in [-0.25, -0.2) is 0 Å². The van der Waals surface area contributed by atoms with Crippen molar-refractivity contribution in [3.05, 3.63) is 0 Å². The van der Waals surface area contributed by atoms with E-state index in [0.29, 0.717) is 0 Å². The predicted octanol–water partition coefficient (Wildman–Crippen LogP) is 0.867. The van der Waals surface area contributed by atoms with Gasteiger partial charge in [-0.05, 0) is 53.8 Å². The maximum atomic E-state index is 12.4. The molecule has 0 unspecified atom stereocenters. The first-order valence-electron chi connectivity index (χ1n) is 8.98. The standard InChI is InChI=1S/C18H29NO8S/c1-16(2,3)13(20)24-8-9-10-18(22,19-15(28)27-10)11(12(23-7)25-9)26-14(21)17(4,5)6/h9-12,22H,8H2,1-7H3,(H,19,28)/t9-,10-,11+,12+,18+/m1/s1. The van der Waals surface area contributed by atoms with Crippen LogP contribution in [0, 0.1) is 10.8 Å². The summed E-state index contributed by atoms with van der Waals surface area (Å²) in [7, 11) is 1.35. The summed E-state index contributed by atoms with van der Waals surface area (Å²) in [6.45, 7) is 10.00. The van der Waals surface area contributed by atoms with E-state index in [9.17, 15) is 14.7 Å². The minimum atomic E-state index is -1.91. The van der Waals surface area contributed by atoms with Crippen molar-refractivity contribution in [2.24, 2.45) is 10.8 Å². The molecule has 160 valence electrons. The Balaban J connectivity index is 2.25. The van der Waals surface area contributed by atoms with E-state index < -0.39 is 53.1 Å². The lowest BCUT2D eigenvalue weighted by Crippen LogP contribution is -2.71. The number of hydrogen-bond donors (Lipinski definition) is 2. The van der Waals surface area contributed by atoms with Gasteiger partial charge in [-0.1, -0.05) is 0 Å². The lowest BCUT2D eigenvalue weighted by atomic mass is 9.91. The number of aliphatic hydroxyl groups is 1. The van der Waals surface area contributed by atoms with Gasteiger partial charge in [0, 0.05) is 7.11 Å². The summed E-state index contributed by atoms with van der Waals surface area (Å²) in [5, 5.41) is 13.8. The highest BCUT2D eigenvalue weighted by Gasteiger charge is 2.64. The molecule has 2 aliphatic rings. The van der Waals surface area contributed by atoms with E-state index in [2.05, 4.69) is 5.32 Å². The van der Waals surface area contributed by atoms with Crippen molar-refractivity contribution in [2.45, 2.75) is 71.9 Å². The molecule has 0 bridgehead atoms. The molecule has 2 saturated heterocycles. The van der Waals surface area contributed by atoms with Crippen LogP contribution in [0.2, 0.25) is 0 Å². The summed E-state index contributed by atoms with van der Waals surface area (Å²) in [4.78, 5) is 24.5. The van der Waals surface area contributed by atoms with E-state index in [1.165, 1.54) is 7.11 Å². The summed E-state index contributed by atoms with van der Waals surface area (Å²) in [6, 6.07) is 0. The summed E-state index contributed by atoms with van der Waals surface area (Å²) in [5.74, 6) is -1.00. The molecule has 28 heavy (non-hydrogen) atoms. The molecular formula is C18H29NO8S. The quantitative estimate of drug-likeness (QED) is 0.503. The molecule has 0 spiro atoms. The smallest absolute Gasteiger partial charge is 0.311 e. The summed E-state index contributed by atoms with van der Waals surface area (Å²) < 4.78 is 27.4. The Kier molecular flexibility index (Phi) is 6.30. The molecule has 2 rings (SSSR count). The zero-order chi connectivity index (χ0) is 21.5. The van der Waals surface area contributed by atoms with Gasteiger partial charge in [0.15, 0.2) is 12.4 Å². The van der Waals surface area contributed by atoms with Crippen molar-refractivity contribution in [3.63, 3.8) is 0 Å². The van der Waals surface area contributed by atoms with Gasteiger partial charge in [-0.15, -0.1) is 0 Å². The fourth-order valence-electron chi connectivity index (χ4n) is 2.70. The molecule has 0 aromatic rings. The number of carbonyl (C=O) groups excluding carboxylic acids is 2. The Labute approximate surface area is 170 Å². The van der Waals surface area contributed by atoms with Crippen LogP contribution in [0.15, 0.2) is 0 Å². The Morgan fingerprint density at radius 3 is 2.25 bits per heavy atom. The second-order valence-electron chi connectivity index (χ2n) is 8.98. The topological polar surface area (TPSA) is 113 Å². The first-order chi connectivity index (χ1) is 12.7. The molecule has 2 heterocycles. The van der Waals surface area contributed by atoms with E-state index in [1.54, 1.807) is 41.5 Å². The van der Waals surface area contributed by atoms with Gasteiger partial charge in [-0.2, -0.15) is 0 Å². The van der Waals surface area contributed by atoms with E-state index >= 15 is 0 Å². The molecule has 9 nitrogen and oxygen atoms in total. The summed E-state index contributed by atoms with van der Waals surface area (Å²) in [6.07, 6.45) is -4.37. The number of esters is 2. The van der Waals surface area contributed by atoms with Crippen molar-refractivity contribution in [1.29, 1.82) is 0 Å². The molecule has 0 aromatic carbocycles. The van der Waals surface area contributed by atoms with E-state index in [0.717, 1.165) is 0 Å². The van der Waals surface area contributed by atoms with Gasteiger partial charge in [0.2, 0.25) is 11.8 Å². The van der Waals surface area contributed by atoms with Crippen LogP contribution in [0.4, 0.5) is 0 Å². The first-order valence-corrected chi connectivity index (χ1v) is 9.38. The van der Waals surface area contributed by atoms with Gasteiger partial charge < -0.3 is 34.1 Å². The van der Waals surface area contributed by atoms with Crippen LogP contribution in [0.1, 0.15) is 41.5 Å². The third-order valence-electron chi connectivity index (χ3n) is 4.37. The molecule has 0 aliphatic carbocycles. The van der Waals surface area contributed by atoms with Crippen LogP contribution in [0.3, 0.4) is 0 Å². The zero-order valence-electron chi connectivity index (χ0n) is 17.2. The molecular weight excluding hydrogens is 390 g/mol. The first kappa shape index (κ1) is 22.8. The Morgan fingerprint density at radius 2 is 1.75 bits per heavy atom. The number of fused-ring (bicyclic) bond motifs is 1. The fraction of sp³-hybridized carbons (Fsp3) is 0.833. The highest BCUT2D eigenvalue weighted by molar-refractivity contribution is 7.80. The number of nitrogens with one attached hydrogen (secondary N) is 1. The van der Waals surface area contributed by atoms with Crippen molar-refractivity contribution < 1.29 is 38.4 Å². The minimum Gasteiger partial charge on any atom is -0.462 e. The molecule has 2 aliphatic heterocycles. The number of carbonyl (C=O) groups is 2. The predicted molar refractivity (Wildman–Crippen MR) is 101 cm³/mol. The van der Waals surface area contributed by atoms with Crippen molar-refractivity contribution in [1.82, 2.24) is 5.32 Å². The molecule has 0 amide bonds. The zero-order valence-corrected chi connectivity index (χ0v) is 18.0. The highest BCUT2D eigenvalue weighted by Crippen LogP contribution is 2.37. The van der Waals surface area contributed by atoms with Crippen LogP contribution >= 0.6 is 12.2 Å². The number of rotatable bonds is 4. The molecule has 2 fully saturated rings. The van der Waals surface area contributed by atoms with Crippen molar-refractivity contribution in [3.8, 4) is 0 Å². The molecule has 0 aromatic heterocycles. The lowest BCUT2D eigenvalue weighted by molar-refractivity contribution is -0.322. The molecule has 10 heteroatoms. The van der Waals surface area contributed by atoms with Crippen LogP contribution in [0.5, 0.6) is 0 Å². The second kappa shape index (κ2) is 7.74. The number of thiocarbonyl (C=S) groups is 1. The van der Waals surface area contributed by atoms with Gasteiger partial charge in [-0.3, -0.25) is 9.59 Å². The number of methoxy groups -OCH3 is 1. The maximum Gasteiger partial charge on any atom is 0.311 e. The molecule has 0 saturated carbocycles.